The number of aryl methyl sites for hydroxylation is 1. The van der Waals surface area contributed by atoms with Crippen LogP contribution in [0.1, 0.15) is 30.8 Å². The molecule has 1 saturated heterocycles. The van der Waals surface area contributed by atoms with Crippen LogP contribution in [0.2, 0.25) is 0 Å². The summed E-state index contributed by atoms with van der Waals surface area (Å²) in [4.78, 5) is 13.6. The highest BCUT2D eigenvalue weighted by atomic mass is 32.1. The quantitative estimate of drug-likeness (QED) is 0.839. The Hall–Kier alpha value is -1.31. The third kappa shape index (κ3) is 4.09. The first-order valence-corrected chi connectivity index (χ1v) is 8.41. The highest BCUT2D eigenvalue weighted by molar-refractivity contribution is 7.07. The second kappa shape index (κ2) is 7.11. The number of nitrogens with zero attached hydrogens (tertiary/aromatic N) is 5. The molecule has 0 bridgehead atoms. The second-order valence-electron chi connectivity index (χ2n) is 5.34. The fourth-order valence-electron chi connectivity index (χ4n) is 2.58. The lowest BCUT2D eigenvalue weighted by Gasteiger charge is -2.20. The predicted octanol–water partition coefficient (Wildman–Crippen LogP) is 1.80. The van der Waals surface area contributed by atoms with E-state index in [1.807, 2.05) is 12.4 Å². The zero-order valence-corrected chi connectivity index (χ0v) is 13.2. The van der Waals surface area contributed by atoms with Crippen LogP contribution in [0.3, 0.4) is 0 Å². The van der Waals surface area contributed by atoms with Gasteiger partial charge in [-0.1, -0.05) is 12.1 Å². The van der Waals surface area contributed by atoms with Crippen LogP contribution >= 0.6 is 11.3 Å². The van der Waals surface area contributed by atoms with Crippen molar-refractivity contribution in [1.29, 1.82) is 0 Å². The molecule has 6 nitrogen and oxygen atoms in total. The summed E-state index contributed by atoms with van der Waals surface area (Å²) >= 11 is 1.66. The van der Waals surface area contributed by atoms with Crippen LogP contribution < -0.4 is 0 Å². The maximum Gasteiger partial charge on any atom is 0.226 e. The summed E-state index contributed by atoms with van der Waals surface area (Å²) in [6.45, 7) is 8.09. The highest BCUT2D eigenvalue weighted by Crippen LogP contribution is 2.11. The van der Waals surface area contributed by atoms with Crippen LogP contribution in [-0.4, -0.2) is 51.1 Å². The van der Waals surface area contributed by atoms with Crippen molar-refractivity contribution in [2.24, 2.45) is 0 Å². The van der Waals surface area contributed by atoms with Gasteiger partial charge in [0.25, 0.3) is 0 Å². The molecule has 0 spiro atoms. The lowest BCUT2D eigenvalue weighted by Crippen LogP contribution is -2.30. The molecule has 7 heteroatoms. The van der Waals surface area contributed by atoms with Crippen LogP contribution in [0, 0.1) is 0 Å². The Morgan fingerprint density at radius 1 is 1.19 bits per heavy atom. The van der Waals surface area contributed by atoms with Gasteiger partial charge in [-0.2, -0.15) is 4.98 Å². The Morgan fingerprint density at radius 3 is 2.67 bits per heavy atom. The fourth-order valence-corrected chi connectivity index (χ4v) is 3.13. The van der Waals surface area contributed by atoms with E-state index in [4.69, 9.17) is 4.52 Å². The number of hydrogen-bond acceptors (Lipinski definition) is 7. The van der Waals surface area contributed by atoms with E-state index >= 15 is 0 Å². The summed E-state index contributed by atoms with van der Waals surface area (Å²) in [6, 6.07) is 0. The van der Waals surface area contributed by atoms with E-state index in [-0.39, 0.29) is 0 Å². The topological polar surface area (TPSA) is 58.3 Å². The number of thiazole rings is 1. The molecule has 0 amide bonds. The normalized spacial score (nSPS) is 18.0. The van der Waals surface area contributed by atoms with Gasteiger partial charge in [0.15, 0.2) is 5.82 Å². The van der Waals surface area contributed by atoms with Crippen LogP contribution in [0.5, 0.6) is 0 Å². The lowest BCUT2D eigenvalue weighted by molar-refractivity contribution is 0.240. The summed E-state index contributed by atoms with van der Waals surface area (Å²) in [7, 11) is 0. The molecule has 114 valence electrons. The first-order valence-electron chi connectivity index (χ1n) is 7.46. The molecule has 1 fully saturated rings. The number of rotatable bonds is 5. The summed E-state index contributed by atoms with van der Waals surface area (Å²) in [5, 5.41) is 6.17. The molecule has 1 aliphatic rings. The fraction of sp³-hybridized carbons (Fsp3) is 0.643. The van der Waals surface area contributed by atoms with Crippen LogP contribution in [0.15, 0.2) is 15.4 Å². The van der Waals surface area contributed by atoms with Gasteiger partial charge in [-0.25, -0.2) is 4.98 Å². The molecule has 21 heavy (non-hydrogen) atoms. The standard InChI is InChI=1S/C14H21N5OS/c1-2-14-16-13(17-20-14)9-19-5-3-4-18(6-7-19)8-12-10-21-11-15-12/h10-11H,2-9H2,1H3. The van der Waals surface area contributed by atoms with Gasteiger partial charge in [0.2, 0.25) is 5.89 Å². The molecule has 1 aliphatic heterocycles. The first-order chi connectivity index (χ1) is 10.3. The van der Waals surface area contributed by atoms with E-state index in [0.29, 0.717) is 0 Å². The van der Waals surface area contributed by atoms with Crippen molar-refractivity contribution in [3.63, 3.8) is 0 Å². The van der Waals surface area contributed by atoms with Gasteiger partial charge in [0.1, 0.15) is 0 Å². The van der Waals surface area contributed by atoms with Crippen molar-refractivity contribution in [3.05, 3.63) is 28.3 Å². The Bertz CT molecular complexity index is 541. The van der Waals surface area contributed by atoms with Gasteiger partial charge in [0.05, 0.1) is 17.7 Å². The maximum atomic E-state index is 5.17. The Balaban J connectivity index is 1.50. The predicted molar refractivity (Wildman–Crippen MR) is 81.0 cm³/mol. The minimum atomic E-state index is 0.727. The van der Waals surface area contributed by atoms with Crippen molar-refractivity contribution >= 4 is 11.3 Å². The highest BCUT2D eigenvalue weighted by Gasteiger charge is 2.17. The lowest BCUT2D eigenvalue weighted by atomic mass is 10.3. The molecule has 0 atom stereocenters. The molecule has 2 aromatic heterocycles. The Kier molecular flexibility index (Phi) is 4.95. The van der Waals surface area contributed by atoms with E-state index < -0.39 is 0 Å². The molecule has 0 N–H and O–H groups in total. The third-order valence-electron chi connectivity index (χ3n) is 3.73. The molecular weight excluding hydrogens is 286 g/mol. The van der Waals surface area contributed by atoms with E-state index in [0.717, 1.165) is 57.4 Å². The van der Waals surface area contributed by atoms with Gasteiger partial charge in [-0.3, -0.25) is 9.80 Å². The smallest absolute Gasteiger partial charge is 0.226 e. The van der Waals surface area contributed by atoms with E-state index in [1.54, 1.807) is 11.3 Å². The van der Waals surface area contributed by atoms with Crippen LogP contribution in [-0.2, 0) is 19.5 Å². The molecule has 0 aliphatic carbocycles. The average molecular weight is 307 g/mol. The molecule has 0 saturated carbocycles. The minimum Gasteiger partial charge on any atom is -0.339 e. The van der Waals surface area contributed by atoms with Gasteiger partial charge >= 0.3 is 0 Å². The largest absolute Gasteiger partial charge is 0.339 e. The summed E-state index contributed by atoms with van der Waals surface area (Å²) < 4.78 is 5.17. The maximum absolute atomic E-state index is 5.17. The molecule has 2 aromatic rings. The zero-order chi connectivity index (χ0) is 14.5. The van der Waals surface area contributed by atoms with Crippen molar-refractivity contribution in [1.82, 2.24) is 24.9 Å². The second-order valence-corrected chi connectivity index (χ2v) is 6.06. The number of aromatic nitrogens is 3. The van der Waals surface area contributed by atoms with Gasteiger partial charge < -0.3 is 4.52 Å². The molecule has 0 radical (unpaired) electrons. The first kappa shape index (κ1) is 14.6. The van der Waals surface area contributed by atoms with E-state index in [2.05, 4.69) is 30.3 Å². The average Bonchev–Trinajstić information content (AvgIpc) is 3.10. The van der Waals surface area contributed by atoms with Gasteiger partial charge in [0, 0.05) is 31.4 Å². The van der Waals surface area contributed by atoms with Gasteiger partial charge in [-0.05, 0) is 19.5 Å². The zero-order valence-electron chi connectivity index (χ0n) is 12.4. The summed E-state index contributed by atoms with van der Waals surface area (Å²) in [5.41, 5.74) is 3.08. The molecule has 3 heterocycles. The van der Waals surface area contributed by atoms with E-state index in [1.165, 1.54) is 12.1 Å². The van der Waals surface area contributed by atoms with Gasteiger partial charge in [-0.15, -0.1) is 11.3 Å². The van der Waals surface area contributed by atoms with Crippen molar-refractivity contribution < 1.29 is 4.52 Å². The van der Waals surface area contributed by atoms with Crippen molar-refractivity contribution in [3.8, 4) is 0 Å². The van der Waals surface area contributed by atoms with Crippen LogP contribution in [0.25, 0.3) is 0 Å². The Labute approximate surface area is 128 Å². The summed E-state index contributed by atoms with van der Waals surface area (Å²) in [5.74, 6) is 1.53. The van der Waals surface area contributed by atoms with Crippen molar-refractivity contribution in [2.45, 2.75) is 32.9 Å². The van der Waals surface area contributed by atoms with E-state index in [9.17, 15) is 0 Å². The molecule has 0 aromatic carbocycles. The minimum absolute atomic E-state index is 0.727. The van der Waals surface area contributed by atoms with Crippen molar-refractivity contribution in [2.75, 3.05) is 26.2 Å². The Morgan fingerprint density at radius 2 is 2.00 bits per heavy atom. The molecular formula is C14H21N5OS. The molecule has 3 rings (SSSR count). The summed E-state index contributed by atoms with van der Waals surface area (Å²) in [6.07, 6.45) is 1.97. The monoisotopic (exact) mass is 307 g/mol. The third-order valence-corrected chi connectivity index (χ3v) is 4.36. The number of hydrogen-bond donors (Lipinski definition) is 0. The van der Waals surface area contributed by atoms with Crippen LogP contribution in [0.4, 0.5) is 0 Å². The SMILES string of the molecule is CCc1nc(CN2CCCN(Cc3cscn3)CC2)no1. The molecule has 0 unspecified atom stereocenters.